The fourth-order valence-corrected chi connectivity index (χ4v) is 6.63. The number of aliphatic hydroxyl groups excluding tert-OH is 2. The van der Waals surface area contributed by atoms with Gasteiger partial charge in [0.1, 0.15) is 0 Å². The van der Waals surface area contributed by atoms with Crippen molar-refractivity contribution in [2.75, 3.05) is 0 Å². The molecule has 0 saturated heterocycles. The highest BCUT2D eigenvalue weighted by Crippen LogP contribution is 2.64. The van der Waals surface area contributed by atoms with Crippen LogP contribution in [0, 0.1) is 28.6 Å². The molecule has 0 radical (unpaired) electrons. The SMILES string of the molecule is C[C@]12CC[C@H](O)CC1=CC[C@@H]1[C@@H]2CC[C@]2(C)C(=NO)[C@H](O)C[C@@H]12. The molecule has 4 heteroatoms. The van der Waals surface area contributed by atoms with Gasteiger partial charge in [-0.2, -0.15) is 0 Å². The Kier molecular flexibility index (Phi) is 3.44. The lowest BCUT2D eigenvalue weighted by molar-refractivity contribution is -0.0236. The highest BCUT2D eigenvalue weighted by Gasteiger charge is 2.60. The average Bonchev–Trinajstić information content (AvgIpc) is 2.77. The van der Waals surface area contributed by atoms with E-state index in [0.29, 0.717) is 23.5 Å². The summed E-state index contributed by atoms with van der Waals surface area (Å²) in [4.78, 5) is 0. The number of aliphatic hydroxyl groups is 2. The van der Waals surface area contributed by atoms with Gasteiger partial charge < -0.3 is 15.4 Å². The zero-order chi connectivity index (χ0) is 16.4. The maximum atomic E-state index is 10.4. The monoisotopic (exact) mass is 319 g/mol. The molecule has 3 fully saturated rings. The minimum Gasteiger partial charge on any atom is -0.411 e. The number of allylic oxidation sites excluding steroid dienone is 1. The summed E-state index contributed by atoms with van der Waals surface area (Å²) in [5.74, 6) is 1.61. The molecule has 4 nitrogen and oxygen atoms in total. The maximum absolute atomic E-state index is 10.4. The first kappa shape index (κ1) is 15.6. The lowest BCUT2D eigenvalue weighted by Crippen LogP contribution is -2.50. The van der Waals surface area contributed by atoms with Crippen molar-refractivity contribution in [1.29, 1.82) is 0 Å². The molecule has 0 aliphatic heterocycles. The van der Waals surface area contributed by atoms with E-state index in [1.165, 1.54) is 5.57 Å². The molecule has 0 amide bonds. The molecule has 3 saturated carbocycles. The third-order valence-corrected chi connectivity index (χ3v) is 7.95. The number of oxime groups is 1. The molecule has 0 unspecified atom stereocenters. The van der Waals surface area contributed by atoms with E-state index in [9.17, 15) is 15.4 Å². The Balaban J connectivity index is 1.70. The lowest BCUT2D eigenvalue weighted by Gasteiger charge is -2.56. The maximum Gasteiger partial charge on any atom is 0.0963 e. The number of hydrogen-bond acceptors (Lipinski definition) is 4. The van der Waals surface area contributed by atoms with Crippen LogP contribution in [0.5, 0.6) is 0 Å². The molecule has 23 heavy (non-hydrogen) atoms. The van der Waals surface area contributed by atoms with Crippen LogP contribution in [0.25, 0.3) is 0 Å². The quantitative estimate of drug-likeness (QED) is 0.365. The van der Waals surface area contributed by atoms with Crippen molar-refractivity contribution in [3.05, 3.63) is 11.6 Å². The van der Waals surface area contributed by atoms with Crippen LogP contribution in [-0.4, -0.2) is 33.3 Å². The Morgan fingerprint density at radius 2 is 1.83 bits per heavy atom. The highest BCUT2D eigenvalue weighted by atomic mass is 16.4. The van der Waals surface area contributed by atoms with Crippen molar-refractivity contribution in [2.45, 2.75) is 71.0 Å². The van der Waals surface area contributed by atoms with Crippen LogP contribution in [0.15, 0.2) is 16.8 Å². The van der Waals surface area contributed by atoms with Crippen LogP contribution in [0.2, 0.25) is 0 Å². The third kappa shape index (κ3) is 2.00. The minimum absolute atomic E-state index is 0.148. The molecule has 0 aromatic heterocycles. The molecular formula is C19H29NO3. The molecule has 7 atom stereocenters. The summed E-state index contributed by atoms with van der Waals surface area (Å²) < 4.78 is 0. The number of nitrogens with zero attached hydrogens (tertiary/aromatic N) is 1. The second kappa shape index (κ2) is 5.06. The van der Waals surface area contributed by atoms with Gasteiger partial charge in [-0.1, -0.05) is 30.7 Å². The van der Waals surface area contributed by atoms with Crippen molar-refractivity contribution in [2.24, 2.45) is 33.7 Å². The van der Waals surface area contributed by atoms with E-state index < -0.39 is 6.10 Å². The summed E-state index contributed by atoms with van der Waals surface area (Å²) in [5.41, 5.74) is 2.15. The van der Waals surface area contributed by atoms with E-state index in [1.54, 1.807) is 0 Å². The summed E-state index contributed by atoms with van der Waals surface area (Å²) in [6.45, 7) is 4.59. The molecular weight excluding hydrogens is 290 g/mol. The van der Waals surface area contributed by atoms with Gasteiger partial charge in [-0.3, -0.25) is 0 Å². The smallest absolute Gasteiger partial charge is 0.0963 e. The average molecular weight is 319 g/mol. The second-order valence-electron chi connectivity index (χ2n) is 8.85. The van der Waals surface area contributed by atoms with Gasteiger partial charge in [0.05, 0.1) is 17.9 Å². The molecule has 4 aliphatic rings. The Morgan fingerprint density at radius 1 is 1.09 bits per heavy atom. The van der Waals surface area contributed by atoms with E-state index in [4.69, 9.17) is 0 Å². The molecule has 3 N–H and O–H groups in total. The van der Waals surface area contributed by atoms with E-state index in [1.807, 2.05) is 0 Å². The molecule has 0 spiro atoms. The Hall–Kier alpha value is -0.870. The van der Waals surface area contributed by atoms with Gasteiger partial charge in [0.15, 0.2) is 0 Å². The van der Waals surface area contributed by atoms with Crippen molar-refractivity contribution < 1.29 is 15.4 Å². The fourth-order valence-electron chi connectivity index (χ4n) is 6.63. The number of rotatable bonds is 0. The zero-order valence-corrected chi connectivity index (χ0v) is 14.2. The first-order valence-electron chi connectivity index (χ1n) is 9.18. The lowest BCUT2D eigenvalue weighted by atomic mass is 9.48. The van der Waals surface area contributed by atoms with Crippen LogP contribution in [0.4, 0.5) is 0 Å². The van der Waals surface area contributed by atoms with Crippen molar-refractivity contribution in [3.63, 3.8) is 0 Å². The molecule has 4 aliphatic carbocycles. The molecule has 128 valence electrons. The second-order valence-corrected chi connectivity index (χ2v) is 8.85. The minimum atomic E-state index is -0.583. The van der Waals surface area contributed by atoms with E-state index >= 15 is 0 Å². The first-order valence-corrected chi connectivity index (χ1v) is 9.18. The fraction of sp³-hybridized carbons (Fsp3) is 0.842. The number of fused-ring (bicyclic) bond motifs is 5. The van der Waals surface area contributed by atoms with Crippen LogP contribution in [0.1, 0.15) is 58.8 Å². The molecule has 0 bridgehead atoms. The summed E-state index contributed by atoms with van der Waals surface area (Å²) >= 11 is 0. The van der Waals surface area contributed by atoms with Crippen molar-refractivity contribution in [1.82, 2.24) is 0 Å². The number of hydrogen-bond donors (Lipinski definition) is 3. The molecule has 0 aromatic carbocycles. The predicted molar refractivity (Wildman–Crippen MR) is 88.3 cm³/mol. The molecule has 0 aromatic rings. The predicted octanol–water partition coefficient (Wildman–Crippen LogP) is 3.11. The zero-order valence-electron chi connectivity index (χ0n) is 14.2. The van der Waals surface area contributed by atoms with Gasteiger partial charge in [0.2, 0.25) is 0 Å². The van der Waals surface area contributed by atoms with Crippen LogP contribution >= 0.6 is 0 Å². The summed E-state index contributed by atoms with van der Waals surface area (Å²) in [6.07, 6.45) is 8.38. The van der Waals surface area contributed by atoms with E-state index in [0.717, 1.165) is 44.9 Å². The van der Waals surface area contributed by atoms with Crippen LogP contribution in [-0.2, 0) is 0 Å². The van der Waals surface area contributed by atoms with Gasteiger partial charge >= 0.3 is 0 Å². The normalized spacial score (nSPS) is 54.2. The van der Waals surface area contributed by atoms with Gasteiger partial charge in [-0.15, -0.1) is 0 Å². The molecule has 4 rings (SSSR count). The van der Waals surface area contributed by atoms with Gasteiger partial charge in [0, 0.05) is 5.41 Å². The van der Waals surface area contributed by atoms with Crippen LogP contribution < -0.4 is 0 Å². The van der Waals surface area contributed by atoms with Crippen molar-refractivity contribution >= 4 is 5.71 Å². The van der Waals surface area contributed by atoms with E-state index in [-0.39, 0.29) is 16.9 Å². The van der Waals surface area contributed by atoms with Crippen molar-refractivity contribution in [3.8, 4) is 0 Å². The van der Waals surface area contributed by atoms with Gasteiger partial charge in [-0.25, -0.2) is 0 Å². The third-order valence-electron chi connectivity index (χ3n) is 7.95. The first-order chi connectivity index (χ1) is 10.9. The Morgan fingerprint density at radius 3 is 2.57 bits per heavy atom. The standard InChI is InChI=1S/C19H29NO3/c1-18-7-5-12(21)9-11(18)3-4-13-14(18)6-8-19(2)15(13)10-16(22)17(19)20-23/h3,12-16,21-23H,4-10H2,1-2H3/t12-,13+,14-,15-,16+,18-,19-/m0/s1. The highest BCUT2D eigenvalue weighted by molar-refractivity contribution is 5.95. The largest absolute Gasteiger partial charge is 0.411 e. The van der Waals surface area contributed by atoms with Gasteiger partial charge in [0.25, 0.3) is 0 Å². The Bertz CT molecular complexity index is 571. The van der Waals surface area contributed by atoms with Crippen LogP contribution in [0.3, 0.4) is 0 Å². The summed E-state index contributed by atoms with van der Waals surface area (Å²) in [6, 6.07) is 0. The van der Waals surface area contributed by atoms with Gasteiger partial charge in [-0.05, 0) is 68.1 Å². The summed E-state index contributed by atoms with van der Waals surface area (Å²) in [5, 5.41) is 33.3. The summed E-state index contributed by atoms with van der Waals surface area (Å²) in [7, 11) is 0. The van der Waals surface area contributed by atoms with E-state index in [2.05, 4.69) is 25.1 Å². The molecule has 0 heterocycles. The Labute approximate surface area is 138 Å². The topological polar surface area (TPSA) is 73.1 Å².